The van der Waals surface area contributed by atoms with Crippen LogP contribution in [0.2, 0.25) is 0 Å². The Bertz CT molecular complexity index is 451. The predicted molar refractivity (Wildman–Crippen MR) is 59.9 cm³/mol. The van der Waals surface area contributed by atoms with Crippen molar-refractivity contribution in [2.24, 2.45) is 0 Å². The van der Waals surface area contributed by atoms with Gasteiger partial charge in [-0.05, 0) is 31.2 Å². The molecule has 2 rings (SSSR count). The highest BCUT2D eigenvalue weighted by Gasteiger charge is 2.00. The number of anilines is 1. The molecule has 76 valence electrons. The van der Waals surface area contributed by atoms with Gasteiger partial charge >= 0.3 is 0 Å². The number of hydrogen-bond acceptors (Lipinski definition) is 3. The second-order valence-corrected chi connectivity index (χ2v) is 3.28. The molecule has 15 heavy (non-hydrogen) atoms. The van der Waals surface area contributed by atoms with Gasteiger partial charge in [0.2, 0.25) is 0 Å². The van der Waals surface area contributed by atoms with Crippen molar-refractivity contribution in [2.45, 2.75) is 6.92 Å². The lowest BCUT2D eigenvalue weighted by atomic mass is 10.3. The minimum atomic E-state index is 0.623. The predicted octanol–water partition coefficient (Wildman–Crippen LogP) is 2.76. The minimum absolute atomic E-state index is 0.623. The maximum absolute atomic E-state index is 5.75. The zero-order valence-corrected chi connectivity index (χ0v) is 8.47. The molecule has 3 heteroatoms. The molecule has 0 saturated heterocycles. The van der Waals surface area contributed by atoms with Gasteiger partial charge in [0.05, 0.1) is 11.9 Å². The van der Waals surface area contributed by atoms with Crippen LogP contribution in [0.3, 0.4) is 0 Å². The Labute approximate surface area is 88.5 Å². The van der Waals surface area contributed by atoms with Crippen LogP contribution in [0.25, 0.3) is 0 Å². The summed E-state index contributed by atoms with van der Waals surface area (Å²) in [4.78, 5) is 4.14. The van der Waals surface area contributed by atoms with E-state index in [4.69, 9.17) is 10.5 Å². The summed E-state index contributed by atoms with van der Waals surface area (Å²) in [5, 5.41) is 0. The molecule has 0 saturated carbocycles. The molecule has 0 atom stereocenters. The largest absolute Gasteiger partial charge is 0.454 e. The normalized spacial score (nSPS) is 9.93. The van der Waals surface area contributed by atoms with Gasteiger partial charge in [-0.15, -0.1) is 0 Å². The number of benzene rings is 1. The molecule has 1 heterocycles. The van der Waals surface area contributed by atoms with E-state index in [2.05, 4.69) is 4.98 Å². The van der Waals surface area contributed by atoms with Crippen molar-refractivity contribution >= 4 is 5.69 Å². The van der Waals surface area contributed by atoms with Crippen molar-refractivity contribution in [3.8, 4) is 11.5 Å². The van der Waals surface area contributed by atoms with E-state index in [9.17, 15) is 0 Å². The van der Waals surface area contributed by atoms with Gasteiger partial charge < -0.3 is 10.5 Å². The van der Waals surface area contributed by atoms with Gasteiger partial charge in [0.25, 0.3) is 0 Å². The van der Waals surface area contributed by atoms with E-state index in [1.165, 1.54) is 0 Å². The molecule has 0 bridgehead atoms. The molecule has 0 unspecified atom stereocenters. The molecular formula is C12H12N2O. The summed E-state index contributed by atoms with van der Waals surface area (Å²) in [5.74, 6) is 1.35. The molecular weight excluding hydrogens is 188 g/mol. The summed E-state index contributed by atoms with van der Waals surface area (Å²) in [6.07, 6.45) is 1.68. The number of rotatable bonds is 2. The molecule has 1 aromatic carbocycles. The smallest absolute Gasteiger partial charge is 0.150 e. The number of aromatic nitrogens is 1. The molecule has 0 aliphatic heterocycles. The SMILES string of the molecule is Cc1ccc(Oc2ccccc2N)cn1. The van der Waals surface area contributed by atoms with E-state index in [0.717, 1.165) is 5.69 Å². The average molecular weight is 200 g/mol. The zero-order chi connectivity index (χ0) is 10.7. The Kier molecular flexibility index (Phi) is 2.54. The lowest BCUT2D eigenvalue weighted by Gasteiger charge is -2.07. The summed E-state index contributed by atoms with van der Waals surface area (Å²) < 4.78 is 5.58. The van der Waals surface area contributed by atoms with E-state index in [1.807, 2.05) is 37.3 Å². The monoisotopic (exact) mass is 200 g/mol. The number of aryl methyl sites for hydroxylation is 1. The first-order chi connectivity index (χ1) is 7.25. The van der Waals surface area contributed by atoms with E-state index >= 15 is 0 Å². The van der Waals surface area contributed by atoms with E-state index in [1.54, 1.807) is 12.3 Å². The van der Waals surface area contributed by atoms with E-state index < -0.39 is 0 Å². The van der Waals surface area contributed by atoms with E-state index in [-0.39, 0.29) is 0 Å². The second kappa shape index (κ2) is 4.00. The summed E-state index contributed by atoms with van der Waals surface area (Å²) in [5.41, 5.74) is 7.34. The van der Waals surface area contributed by atoms with Crippen molar-refractivity contribution in [3.63, 3.8) is 0 Å². The molecule has 0 aliphatic rings. The van der Waals surface area contributed by atoms with E-state index in [0.29, 0.717) is 17.2 Å². The molecule has 0 amide bonds. The number of para-hydroxylation sites is 2. The minimum Gasteiger partial charge on any atom is -0.454 e. The molecule has 3 nitrogen and oxygen atoms in total. The van der Waals surface area contributed by atoms with Gasteiger partial charge in [0, 0.05) is 5.69 Å². The van der Waals surface area contributed by atoms with Gasteiger partial charge in [0.1, 0.15) is 11.5 Å². The van der Waals surface area contributed by atoms with Crippen LogP contribution in [0.1, 0.15) is 5.69 Å². The topological polar surface area (TPSA) is 48.1 Å². The number of ether oxygens (including phenoxy) is 1. The Balaban J connectivity index is 2.22. The van der Waals surface area contributed by atoms with Crippen LogP contribution in [0.4, 0.5) is 5.69 Å². The molecule has 1 aromatic heterocycles. The third kappa shape index (κ3) is 2.26. The fourth-order valence-electron chi connectivity index (χ4n) is 1.22. The molecule has 2 aromatic rings. The standard InChI is InChI=1S/C12H12N2O/c1-9-6-7-10(8-14-9)15-12-5-3-2-4-11(12)13/h2-8H,13H2,1H3. The molecule has 0 radical (unpaired) electrons. The van der Waals surface area contributed by atoms with Crippen LogP contribution in [-0.4, -0.2) is 4.98 Å². The highest BCUT2D eigenvalue weighted by Crippen LogP contribution is 2.26. The maximum Gasteiger partial charge on any atom is 0.150 e. The number of nitrogen functional groups attached to an aromatic ring is 1. The first-order valence-electron chi connectivity index (χ1n) is 4.71. The van der Waals surface area contributed by atoms with Crippen molar-refractivity contribution in [3.05, 3.63) is 48.3 Å². The van der Waals surface area contributed by atoms with Gasteiger partial charge in [-0.1, -0.05) is 12.1 Å². The van der Waals surface area contributed by atoms with Crippen LogP contribution < -0.4 is 10.5 Å². The lowest BCUT2D eigenvalue weighted by molar-refractivity contribution is 0.482. The summed E-state index contributed by atoms with van der Waals surface area (Å²) in [6, 6.07) is 11.2. The highest BCUT2D eigenvalue weighted by atomic mass is 16.5. The highest BCUT2D eigenvalue weighted by molar-refractivity contribution is 5.53. The number of nitrogens with two attached hydrogens (primary N) is 1. The third-order valence-corrected chi connectivity index (χ3v) is 2.03. The Morgan fingerprint density at radius 1 is 1.13 bits per heavy atom. The summed E-state index contributed by atoms with van der Waals surface area (Å²) in [6.45, 7) is 1.93. The van der Waals surface area contributed by atoms with Crippen molar-refractivity contribution < 1.29 is 4.74 Å². The summed E-state index contributed by atoms with van der Waals surface area (Å²) in [7, 11) is 0. The van der Waals surface area contributed by atoms with Crippen LogP contribution in [-0.2, 0) is 0 Å². The van der Waals surface area contributed by atoms with Crippen LogP contribution >= 0.6 is 0 Å². The fraction of sp³-hybridized carbons (Fsp3) is 0.0833. The average Bonchev–Trinajstić information content (AvgIpc) is 2.25. The first kappa shape index (κ1) is 9.52. The van der Waals surface area contributed by atoms with Crippen LogP contribution in [0.5, 0.6) is 11.5 Å². The van der Waals surface area contributed by atoms with Gasteiger partial charge in [-0.3, -0.25) is 4.98 Å². The first-order valence-corrected chi connectivity index (χ1v) is 4.71. The molecule has 0 aliphatic carbocycles. The summed E-state index contributed by atoms with van der Waals surface area (Å²) >= 11 is 0. The third-order valence-electron chi connectivity index (χ3n) is 2.03. The van der Waals surface area contributed by atoms with Gasteiger partial charge in [-0.2, -0.15) is 0 Å². The molecule has 2 N–H and O–H groups in total. The molecule has 0 spiro atoms. The van der Waals surface area contributed by atoms with Gasteiger partial charge in [0.15, 0.2) is 0 Å². The van der Waals surface area contributed by atoms with Gasteiger partial charge in [-0.25, -0.2) is 0 Å². The number of hydrogen-bond donors (Lipinski definition) is 1. The van der Waals surface area contributed by atoms with Crippen LogP contribution in [0, 0.1) is 6.92 Å². The Hall–Kier alpha value is -2.03. The quantitative estimate of drug-likeness (QED) is 0.758. The van der Waals surface area contributed by atoms with Crippen molar-refractivity contribution in [1.29, 1.82) is 0 Å². The fourth-order valence-corrected chi connectivity index (χ4v) is 1.22. The Morgan fingerprint density at radius 2 is 1.93 bits per heavy atom. The number of pyridine rings is 1. The second-order valence-electron chi connectivity index (χ2n) is 3.28. The van der Waals surface area contributed by atoms with Crippen molar-refractivity contribution in [2.75, 3.05) is 5.73 Å². The maximum atomic E-state index is 5.75. The van der Waals surface area contributed by atoms with Crippen molar-refractivity contribution in [1.82, 2.24) is 4.98 Å². The zero-order valence-electron chi connectivity index (χ0n) is 8.47. The lowest BCUT2D eigenvalue weighted by Crippen LogP contribution is -1.92. The number of nitrogens with zero attached hydrogens (tertiary/aromatic N) is 1. The van der Waals surface area contributed by atoms with Crippen LogP contribution in [0.15, 0.2) is 42.6 Å². The Morgan fingerprint density at radius 3 is 2.60 bits per heavy atom. The molecule has 0 fully saturated rings.